The molecular weight excluding hydrogens is 829 g/mol. The molecular formula is C43H70N12O9. The molecule has 0 aliphatic carbocycles. The number of carbonyl (C=O) groups excluding carboxylic acids is 8. The quantitative estimate of drug-likeness (QED) is 0.0276. The van der Waals surface area contributed by atoms with Crippen molar-refractivity contribution in [1.29, 1.82) is 0 Å². The molecule has 2 saturated heterocycles. The highest BCUT2D eigenvalue weighted by molar-refractivity contribution is 5.96. The largest absolute Gasteiger partial charge is 0.394 e. The van der Waals surface area contributed by atoms with Gasteiger partial charge in [-0.1, -0.05) is 58.0 Å². The first-order valence-corrected chi connectivity index (χ1v) is 22.1. The van der Waals surface area contributed by atoms with E-state index in [1.54, 1.807) is 17.0 Å². The van der Waals surface area contributed by atoms with E-state index in [1.807, 2.05) is 45.9 Å². The summed E-state index contributed by atoms with van der Waals surface area (Å²) in [5, 5.41) is 25.8. The molecule has 2 aliphatic rings. The molecule has 8 amide bonds. The van der Waals surface area contributed by atoms with Crippen LogP contribution in [0.4, 0.5) is 0 Å². The van der Waals surface area contributed by atoms with E-state index in [-0.39, 0.29) is 62.6 Å². The van der Waals surface area contributed by atoms with E-state index in [4.69, 9.17) is 22.9 Å². The number of fused-ring (bicyclic) bond motifs is 2. The number of aliphatic hydroxyl groups excluding tert-OH is 1. The molecule has 21 nitrogen and oxygen atoms in total. The number of nitrogens with zero attached hydrogens (tertiary/aromatic N) is 2. The minimum Gasteiger partial charge on any atom is -0.394 e. The first kappa shape index (κ1) is 52.5. The fourth-order valence-corrected chi connectivity index (χ4v) is 8.08. The Morgan fingerprint density at radius 1 is 0.734 bits per heavy atom. The molecule has 9 atom stereocenters. The van der Waals surface area contributed by atoms with Crippen LogP contribution in [0.25, 0.3) is 0 Å². The molecule has 0 spiro atoms. The Hall–Kier alpha value is -5.83. The number of hydrogen-bond donors (Lipinski definition) is 11. The van der Waals surface area contributed by atoms with Gasteiger partial charge in [0.1, 0.15) is 30.2 Å². The number of amides is 8. The monoisotopic (exact) mass is 899 g/mol. The topological polar surface area (TPSA) is 349 Å². The Morgan fingerprint density at radius 3 is 1.92 bits per heavy atom. The average Bonchev–Trinajstić information content (AvgIpc) is 3.52. The van der Waals surface area contributed by atoms with E-state index in [2.05, 4.69) is 36.9 Å². The van der Waals surface area contributed by atoms with Gasteiger partial charge in [0.15, 0.2) is 5.96 Å². The van der Waals surface area contributed by atoms with Crippen LogP contribution in [0.1, 0.15) is 91.5 Å². The van der Waals surface area contributed by atoms with Crippen LogP contribution in [0.15, 0.2) is 35.3 Å². The van der Waals surface area contributed by atoms with E-state index >= 15 is 0 Å². The van der Waals surface area contributed by atoms with E-state index < -0.39 is 102 Å². The van der Waals surface area contributed by atoms with Crippen molar-refractivity contribution in [1.82, 2.24) is 36.8 Å². The zero-order chi connectivity index (χ0) is 47.7. The number of nitrogens with two attached hydrogens (primary N) is 4. The van der Waals surface area contributed by atoms with Crippen LogP contribution < -0.4 is 54.8 Å². The van der Waals surface area contributed by atoms with Gasteiger partial charge in [0.05, 0.1) is 25.1 Å². The summed E-state index contributed by atoms with van der Waals surface area (Å²) in [7, 11) is 0. The summed E-state index contributed by atoms with van der Waals surface area (Å²) in [5.74, 6) is -5.92. The van der Waals surface area contributed by atoms with Crippen LogP contribution in [0, 0.1) is 17.8 Å². The predicted molar refractivity (Wildman–Crippen MR) is 238 cm³/mol. The van der Waals surface area contributed by atoms with Crippen molar-refractivity contribution in [2.75, 3.05) is 19.7 Å². The second kappa shape index (κ2) is 25.5. The number of rotatable bonds is 25. The zero-order valence-electron chi connectivity index (χ0n) is 37.6. The molecule has 3 rings (SSSR count). The molecule has 0 radical (unpaired) electrons. The summed E-state index contributed by atoms with van der Waals surface area (Å²) in [6.45, 7) is 7.82. The van der Waals surface area contributed by atoms with E-state index in [9.17, 15) is 43.5 Å². The number of guanidine groups is 1. The number of hydrogen-bond acceptors (Lipinski definition) is 11. The van der Waals surface area contributed by atoms with Gasteiger partial charge >= 0.3 is 0 Å². The SMILES string of the molecule is CC(C)C[C@H](NC(=O)[C@H](CCCN=C(N)N)NC(=O)[C@H](CO)NC(=O)[C@@H](N)CC(C)C)C(=O)N[C@@H](Cc1ccccc1)C(=O)N1[C@H]2CC[C@@H]1[C@H](C(=O)NCC(=O)N[C@@H](C)C(N)=O)CC2. The third-order valence-corrected chi connectivity index (χ3v) is 11.3. The third-order valence-electron chi connectivity index (χ3n) is 11.3. The Balaban J connectivity index is 1.85. The normalized spacial score (nSPS) is 19.5. The summed E-state index contributed by atoms with van der Waals surface area (Å²) in [6, 6.07) is 1.49. The molecule has 2 fully saturated rings. The van der Waals surface area contributed by atoms with Gasteiger partial charge in [-0.2, -0.15) is 0 Å². The fourth-order valence-electron chi connectivity index (χ4n) is 8.08. The van der Waals surface area contributed by atoms with Crippen molar-refractivity contribution in [3.8, 4) is 0 Å². The Kier molecular flexibility index (Phi) is 20.9. The summed E-state index contributed by atoms with van der Waals surface area (Å²) < 4.78 is 0. The number of nitrogens with one attached hydrogen (secondary N) is 6. The van der Waals surface area contributed by atoms with E-state index in [0.717, 1.165) is 5.56 Å². The lowest BCUT2D eigenvalue weighted by Crippen LogP contribution is -2.61. The summed E-state index contributed by atoms with van der Waals surface area (Å²) in [4.78, 5) is 112. The first-order valence-electron chi connectivity index (χ1n) is 22.1. The number of benzene rings is 1. The summed E-state index contributed by atoms with van der Waals surface area (Å²) >= 11 is 0. The fraction of sp³-hybridized carbons (Fsp3) is 0.651. The maximum absolute atomic E-state index is 14.7. The Morgan fingerprint density at radius 2 is 1.31 bits per heavy atom. The number of aliphatic hydroxyl groups is 1. The molecule has 21 heteroatoms. The van der Waals surface area contributed by atoms with Crippen LogP contribution in [-0.4, -0.2) is 131 Å². The number of primary amides is 1. The van der Waals surface area contributed by atoms with Gasteiger partial charge in [-0.05, 0) is 75.7 Å². The lowest BCUT2D eigenvalue weighted by atomic mass is 9.88. The molecule has 1 aromatic carbocycles. The minimum atomic E-state index is -1.44. The number of carbonyl (C=O) groups is 8. The Bertz CT molecular complexity index is 1810. The average molecular weight is 899 g/mol. The third kappa shape index (κ3) is 16.4. The van der Waals surface area contributed by atoms with Gasteiger partial charge in [0.25, 0.3) is 0 Å². The maximum atomic E-state index is 14.7. The summed E-state index contributed by atoms with van der Waals surface area (Å²) in [5.41, 5.74) is 22.9. The second-order valence-corrected chi connectivity index (χ2v) is 17.6. The number of aliphatic imine (C=N–C) groups is 1. The van der Waals surface area contributed by atoms with Crippen LogP contribution in [0.2, 0.25) is 0 Å². The van der Waals surface area contributed by atoms with Crippen molar-refractivity contribution < 1.29 is 43.5 Å². The van der Waals surface area contributed by atoms with E-state index in [1.165, 1.54) is 6.92 Å². The molecule has 356 valence electrons. The molecule has 2 aliphatic heterocycles. The van der Waals surface area contributed by atoms with Crippen molar-refractivity contribution in [3.05, 3.63) is 35.9 Å². The van der Waals surface area contributed by atoms with Crippen LogP contribution >= 0.6 is 0 Å². The molecule has 0 saturated carbocycles. The van der Waals surface area contributed by atoms with E-state index in [0.29, 0.717) is 32.1 Å². The van der Waals surface area contributed by atoms with Gasteiger partial charge in [-0.3, -0.25) is 43.3 Å². The van der Waals surface area contributed by atoms with Crippen LogP contribution in [-0.2, 0) is 44.8 Å². The van der Waals surface area contributed by atoms with Gasteiger partial charge in [-0.25, -0.2) is 0 Å². The molecule has 1 aromatic rings. The lowest BCUT2D eigenvalue weighted by Gasteiger charge is -2.41. The lowest BCUT2D eigenvalue weighted by molar-refractivity contribution is -0.145. The van der Waals surface area contributed by atoms with Gasteiger partial charge in [0.2, 0.25) is 47.3 Å². The highest BCUT2D eigenvalue weighted by atomic mass is 16.3. The smallest absolute Gasteiger partial charge is 0.246 e. The first-order chi connectivity index (χ1) is 30.2. The molecule has 64 heavy (non-hydrogen) atoms. The molecule has 0 aromatic heterocycles. The highest BCUT2D eigenvalue weighted by Crippen LogP contribution is 2.40. The molecule has 15 N–H and O–H groups in total. The second-order valence-electron chi connectivity index (χ2n) is 17.6. The summed E-state index contributed by atoms with van der Waals surface area (Å²) in [6.07, 6.45) is 2.95. The highest BCUT2D eigenvalue weighted by Gasteiger charge is 2.49. The molecule has 2 heterocycles. The van der Waals surface area contributed by atoms with Crippen LogP contribution in [0.3, 0.4) is 0 Å². The predicted octanol–water partition coefficient (Wildman–Crippen LogP) is -2.49. The van der Waals surface area contributed by atoms with Crippen molar-refractivity contribution >= 4 is 53.2 Å². The van der Waals surface area contributed by atoms with Crippen molar-refractivity contribution in [2.24, 2.45) is 45.7 Å². The Labute approximate surface area is 374 Å². The zero-order valence-corrected chi connectivity index (χ0v) is 37.6. The maximum Gasteiger partial charge on any atom is 0.246 e. The molecule has 0 unspecified atom stereocenters. The number of piperidine rings is 1. The minimum absolute atomic E-state index is 0.00208. The van der Waals surface area contributed by atoms with Crippen molar-refractivity contribution in [2.45, 2.75) is 141 Å². The van der Waals surface area contributed by atoms with Crippen LogP contribution in [0.5, 0.6) is 0 Å². The van der Waals surface area contributed by atoms with Crippen molar-refractivity contribution in [3.63, 3.8) is 0 Å². The molecule has 2 bridgehead atoms. The van der Waals surface area contributed by atoms with Gasteiger partial charge < -0.3 is 64.8 Å². The standard InChI is InChI=1S/C43H70N12O9/c1-23(2)18-29(44)38(60)54-33(22-56)41(63)51-30(12-9-17-48-43(46)47)39(61)52-31(19-24(3)4)40(62)53-32(20-26-10-7-6-8-11-26)42(64)55-27-13-15-28(34(55)16-14-27)37(59)49-21-35(57)50-25(5)36(45)58/h6-8,10-11,23-25,27-34,56H,9,12-22,44H2,1-5H3,(H2,45,58)(H,49,59)(H,50,57)(H,51,63)(H,52,61)(H,53,62)(H,54,60)(H4,46,47,48)/t25-,27+,28+,29-,30-,31-,32-,33-,34+/m0/s1. The van der Waals surface area contributed by atoms with Gasteiger partial charge in [0, 0.05) is 25.0 Å². The van der Waals surface area contributed by atoms with Gasteiger partial charge in [-0.15, -0.1) is 0 Å².